The molecule has 1 amide bonds. The van der Waals surface area contributed by atoms with Gasteiger partial charge in [-0.05, 0) is 49.4 Å². The molecule has 0 spiro atoms. The normalized spacial score (nSPS) is 10.9. The number of hydrogen-bond acceptors (Lipinski definition) is 3. The van der Waals surface area contributed by atoms with Crippen LogP contribution in [0, 0.1) is 6.92 Å². The van der Waals surface area contributed by atoms with Crippen LogP contribution < -0.4 is 10.7 Å². The highest BCUT2D eigenvalue weighted by atomic mass is 35.5. The maximum Gasteiger partial charge on any atom is 0.255 e. The number of halogens is 2. The van der Waals surface area contributed by atoms with Crippen LogP contribution >= 0.6 is 23.2 Å². The van der Waals surface area contributed by atoms with Crippen LogP contribution in [-0.4, -0.2) is 5.91 Å². The topological polar surface area (TPSA) is 59.3 Å². The predicted molar refractivity (Wildman–Crippen MR) is 117 cm³/mol. The second kappa shape index (κ2) is 7.74. The first-order valence-electron chi connectivity index (χ1n) is 8.82. The van der Waals surface area contributed by atoms with Gasteiger partial charge in [-0.15, -0.1) is 0 Å². The first kappa shape index (κ1) is 19.2. The van der Waals surface area contributed by atoms with Crippen LogP contribution in [0.15, 0.2) is 75.9 Å². The monoisotopic (exact) mass is 423 g/mol. The van der Waals surface area contributed by atoms with Gasteiger partial charge in [-0.25, -0.2) is 0 Å². The minimum atomic E-state index is -0.287. The molecular formula is C23H15Cl2NO3. The van der Waals surface area contributed by atoms with Crippen molar-refractivity contribution in [1.29, 1.82) is 0 Å². The van der Waals surface area contributed by atoms with Crippen LogP contribution in [0.2, 0.25) is 10.0 Å². The second-order valence-electron chi connectivity index (χ2n) is 6.63. The van der Waals surface area contributed by atoms with Gasteiger partial charge in [0.25, 0.3) is 5.91 Å². The van der Waals surface area contributed by atoms with Crippen LogP contribution in [0.25, 0.3) is 22.3 Å². The molecule has 1 heterocycles. The Morgan fingerprint density at radius 3 is 2.38 bits per heavy atom. The lowest BCUT2D eigenvalue weighted by Gasteiger charge is -2.08. The lowest BCUT2D eigenvalue weighted by molar-refractivity contribution is 0.102. The van der Waals surface area contributed by atoms with Crippen LogP contribution in [0.1, 0.15) is 15.9 Å². The third-order valence-corrected chi connectivity index (χ3v) is 5.23. The minimum absolute atomic E-state index is 0.105. The highest BCUT2D eigenvalue weighted by Gasteiger charge is 2.10. The number of benzene rings is 3. The van der Waals surface area contributed by atoms with E-state index in [0.717, 1.165) is 5.56 Å². The summed E-state index contributed by atoms with van der Waals surface area (Å²) in [7, 11) is 0. The number of anilines is 1. The van der Waals surface area contributed by atoms with Crippen molar-refractivity contribution in [2.24, 2.45) is 0 Å². The maximum atomic E-state index is 12.5. The molecule has 0 saturated heterocycles. The zero-order valence-electron chi connectivity index (χ0n) is 15.3. The predicted octanol–water partition coefficient (Wildman–Crippen LogP) is 6.33. The average molecular weight is 424 g/mol. The summed E-state index contributed by atoms with van der Waals surface area (Å²) in [6, 6.07) is 18.6. The molecule has 1 N–H and O–H groups in total. The van der Waals surface area contributed by atoms with Crippen molar-refractivity contribution in [2.75, 3.05) is 5.32 Å². The van der Waals surface area contributed by atoms with E-state index in [1.165, 1.54) is 6.07 Å². The van der Waals surface area contributed by atoms with Gasteiger partial charge in [0.05, 0.1) is 15.4 Å². The van der Waals surface area contributed by atoms with Gasteiger partial charge in [-0.1, -0.05) is 47.0 Å². The van der Waals surface area contributed by atoms with Crippen LogP contribution in [0.3, 0.4) is 0 Å². The summed E-state index contributed by atoms with van der Waals surface area (Å²) in [4.78, 5) is 24.9. The van der Waals surface area contributed by atoms with Crippen molar-refractivity contribution in [2.45, 2.75) is 6.92 Å². The molecule has 0 unspecified atom stereocenters. The van der Waals surface area contributed by atoms with Crippen molar-refractivity contribution >= 4 is 45.8 Å². The number of aryl methyl sites for hydroxylation is 1. The summed E-state index contributed by atoms with van der Waals surface area (Å²) in [5.74, 6) is 0.160. The summed E-state index contributed by atoms with van der Waals surface area (Å²) < 4.78 is 5.88. The van der Waals surface area contributed by atoms with Crippen LogP contribution in [0.4, 0.5) is 5.69 Å². The van der Waals surface area contributed by atoms with E-state index in [4.69, 9.17) is 27.6 Å². The number of hydrogen-bond donors (Lipinski definition) is 1. The van der Waals surface area contributed by atoms with Gasteiger partial charge in [-0.2, -0.15) is 0 Å². The first-order chi connectivity index (χ1) is 13.9. The van der Waals surface area contributed by atoms with E-state index in [-0.39, 0.29) is 11.3 Å². The molecule has 29 heavy (non-hydrogen) atoms. The Morgan fingerprint density at radius 1 is 0.897 bits per heavy atom. The van der Waals surface area contributed by atoms with Crippen LogP contribution in [-0.2, 0) is 0 Å². The van der Waals surface area contributed by atoms with Gasteiger partial charge < -0.3 is 9.73 Å². The molecule has 0 fully saturated rings. The number of fused-ring (bicyclic) bond motifs is 1. The van der Waals surface area contributed by atoms with Gasteiger partial charge in [0.2, 0.25) is 0 Å². The molecule has 4 aromatic rings. The van der Waals surface area contributed by atoms with Gasteiger partial charge in [0, 0.05) is 22.9 Å². The van der Waals surface area contributed by atoms with E-state index in [1.54, 1.807) is 54.6 Å². The number of nitrogens with one attached hydrogen (secondary N) is 1. The Morgan fingerprint density at radius 2 is 1.66 bits per heavy atom. The number of carbonyl (C=O) groups excluding carboxylic acids is 1. The van der Waals surface area contributed by atoms with E-state index in [0.29, 0.717) is 43.6 Å². The average Bonchev–Trinajstić information content (AvgIpc) is 2.71. The molecule has 6 heteroatoms. The molecule has 144 valence electrons. The molecule has 1 aromatic heterocycles. The van der Waals surface area contributed by atoms with Crippen molar-refractivity contribution in [1.82, 2.24) is 0 Å². The summed E-state index contributed by atoms with van der Waals surface area (Å²) >= 11 is 11.9. The second-order valence-corrected chi connectivity index (χ2v) is 7.45. The van der Waals surface area contributed by atoms with Crippen molar-refractivity contribution in [3.05, 3.63) is 98.1 Å². The molecule has 0 aliphatic rings. The lowest BCUT2D eigenvalue weighted by atomic mass is 10.1. The van der Waals surface area contributed by atoms with E-state index < -0.39 is 0 Å². The number of rotatable bonds is 3. The molecule has 3 aromatic carbocycles. The van der Waals surface area contributed by atoms with Crippen LogP contribution in [0.5, 0.6) is 0 Å². The number of carbonyl (C=O) groups is 1. The summed E-state index contributed by atoms with van der Waals surface area (Å²) in [5, 5.41) is 4.10. The van der Waals surface area contributed by atoms with Crippen molar-refractivity contribution in [3.63, 3.8) is 0 Å². The molecule has 0 aliphatic carbocycles. The Bertz CT molecular complexity index is 1290. The molecule has 0 bridgehead atoms. The standard InChI is InChI=1S/C23H15Cl2NO3/c1-13-2-9-21-17(10-13)20(27)12-22(29-21)14-3-5-15(6-4-14)23(28)26-16-7-8-18(24)19(25)11-16/h2-12H,1H3,(H,26,28). The van der Waals surface area contributed by atoms with Crippen molar-refractivity contribution < 1.29 is 9.21 Å². The molecule has 0 saturated carbocycles. The molecule has 0 radical (unpaired) electrons. The minimum Gasteiger partial charge on any atom is -0.456 e. The van der Waals surface area contributed by atoms with Crippen molar-refractivity contribution in [3.8, 4) is 11.3 Å². The molecule has 4 nitrogen and oxygen atoms in total. The molecule has 4 rings (SSSR count). The third kappa shape index (κ3) is 4.04. The Kier molecular flexibility index (Phi) is 5.14. The van der Waals surface area contributed by atoms with Gasteiger partial charge in [0.15, 0.2) is 5.43 Å². The Labute approximate surface area is 176 Å². The molecular weight excluding hydrogens is 409 g/mol. The quantitative estimate of drug-likeness (QED) is 0.418. The Balaban J connectivity index is 1.59. The molecule has 0 aliphatic heterocycles. The van der Waals surface area contributed by atoms with Gasteiger partial charge in [0.1, 0.15) is 11.3 Å². The van der Waals surface area contributed by atoms with Gasteiger partial charge in [-0.3, -0.25) is 9.59 Å². The summed E-state index contributed by atoms with van der Waals surface area (Å²) in [5.41, 5.74) is 3.12. The fourth-order valence-electron chi connectivity index (χ4n) is 2.98. The summed E-state index contributed by atoms with van der Waals surface area (Å²) in [6.07, 6.45) is 0. The smallest absolute Gasteiger partial charge is 0.255 e. The lowest BCUT2D eigenvalue weighted by Crippen LogP contribution is -2.11. The van der Waals surface area contributed by atoms with Gasteiger partial charge >= 0.3 is 0 Å². The van der Waals surface area contributed by atoms with E-state index in [9.17, 15) is 9.59 Å². The largest absolute Gasteiger partial charge is 0.456 e. The summed E-state index contributed by atoms with van der Waals surface area (Å²) in [6.45, 7) is 1.93. The fourth-order valence-corrected chi connectivity index (χ4v) is 3.27. The Hall–Kier alpha value is -3.08. The van der Waals surface area contributed by atoms with E-state index in [2.05, 4.69) is 5.32 Å². The SMILES string of the molecule is Cc1ccc2oc(-c3ccc(C(=O)Nc4ccc(Cl)c(Cl)c4)cc3)cc(=O)c2c1. The zero-order chi connectivity index (χ0) is 20.5. The zero-order valence-corrected chi connectivity index (χ0v) is 16.8. The maximum absolute atomic E-state index is 12.5. The number of amides is 1. The van der Waals surface area contributed by atoms with E-state index in [1.807, 2.05) is 13.0 Å². The third-order valence-electron chi connectivity index (χ3n) is 4.49. The highest BCUT2D eigenvalue weighted by Crippen LogP contribution is 2.26. The van der Waals surface area contributed by atoms with E-state index >= 15 is 0 Å². The molecule has 0 atom stereocenters. The fraction of sp³-hybridized carbons (Fsp3) is 0.0435. The first-order valence-corrected chi connectivity index (χ1v) is 9.58. The highest BCUT2D eigenvalue weighted by molar-refractivity contribution is 6.42.